The predicted molar refractivity (Wildman–Crippen MR) is 110 cm³/mol. The van der Waals surface area contributed by atoms with Gasteiger partial charge in [-0.2, -0.15) is 0 Å². The zero-order valence-electron chi connectivity index (χ0n) is 17.1. The first-order valence-corrected chi connectivity index (χ1v) is 11.0. The van der Waals surface area contributed by atoms with E-state index >= 15 is 0 Å². The molecule has 3 aliphatic rings. The molecule has 5 heteroatoms. The largest absolute Gasteiger partial charge is 0.340 e. The maximum atomic E-state index is 12.9. The first-order valence-electron chi connectivity index (χ1n) is 11.0. The Balaban J connectivity index is 1.25. The number of benzene rings is 1. The van der Waals surface area contributed by atoms with Crippen LogP contribution in [0.3, 0.4) is 0 Å². The van der Waals surface area contributed by atoms with Gasteiger partial charge in [0.15, 0.2) is 0 Å². The average Bonchev–Trinajstić information content (AvgIpc) is 3.55. The molecule has 28 heavy (non-hydrogen) atoms. The molecule has 1 aromatic rings. The third-order valence-corrected chi connectivity index (χ3v) is 6.74. The van der Waals surface area contributed by atoms with E-state index in [4.69, 9.17) is 0 Å². The first kappa shape index (κ1) is 19.4. The standard InChI is InChI=1S/C23H33N3O2/c1-2-19-10-6-7-11-26(19)23(28)21-16-20(21)22(27)25-14-12-24(13-15-25)17-18-8-4-3-5-9-18/h3-5,8-9,19-21H,2,6-7,10-17H2,1H3. The summed E-state index contributed by atoms with van der Waals surface area (Å²) in [6, 6.07) is 10.9. The van der Waals surface area contributed by atoms with Gasteiger partial charge in [-0.25, -0.2) is 0 Å². The van der Waals surface area contributed by atoms with Gasteiger partial charge in [-0.1, -0.05) is 37.3 Å². The maximum Gasteiger partial charge on any atom is 0.226 e. The van der Waals surface area contributed by atoms with Crippen LogP contribution in [0, 0.1) is 11.8 Å². The van der Waals surface area contributed by atoms with Crippen LogP contribution in [-0.2, 0) is 16.1 Å². The van der Waals surface area contributed by atoms with E-state index in [1.165, 1.54) is 12.0 Å². The molecule has 0 N–H and O–H groups in total. The second kappa shape index (κ2) is 8.64. The summed E-state index contributed by atoms with van der Waals surface area (Å²) in [6.07, 6.45) is 5.24. The van der Waals surface area contributed by atoms with Crippen molar-refractivity contribution < 1.29 is 9.59 Å². The van der Waals surface area contributed by atoms with Gasteiger partial charge in [0.2, 0.25) is 11.8 Å². The van der Waals surface area contributed by atoms with E-state index < -0.39 is 0 Å². The first-order chi connectivity index (χ1) is 13.7. The lowest BCUT2D eigenvalue weighted by atomic mass is 9.99. The van der Waals surface area contributed by atoms with E-state index in [1.807, 2.05) is 11.0 Å². The summed E-state index contributed by atoms with van der Waals surface area (Å²) in [6.45, 7) is 7.38. The van der Waals surface area contributed by atoms with Crippen molar-refractivity contribution in [2.45, 2.75) is 51.6 Å². The van der Waals surface area contributed by atoms with Crippen LogP contribution in [0.1, 0.15) is 44.6 Å². The smallest absolute Gasteiger partial charge is 0.226 e. The Morgan fingerprint density at radius 2 is 1.64 bits per heavy atom. The predicted octanol–water partition coefficient (Wildman–Crippen LogP) is 2.76. The van der Waals surface area contributed by atoms with Gasteiger partial charge in [0, 0.05) is 45.3 Å². The lowest BCUT2D eigenvalue weighted by molar-refractivity contribution is -0.141. The van der Waals surface area contributed by atoms with E-state index in [0.717, 1.165) is 65.0 Å². The Hall–Kier alpha value is -1.88. The van der Waals surface area contributed by atoms with Crippen molar-refractivity contribution in [2.75, 3.05) is 32.7 Å². The number of piperazine rings is 1. The van der Waals surface area contributed by atoms with Crippen molar-refractivity contribution in [3.63, 3.8) is 0 Å². The summed E-state index contributed by atoms with van der Waals surface area (Å²) in [4.78, 5) is 32.3. The second-order valence-corrected chi connectivity index (χ2v) is 8.63. The van der Waals surface area contributed by atoms with Gasteiger partial charge in [-0.15, -0.1) is 0 Å². The molecule has 2 amide bonds. The van der Waals surface area contributed by atoms with E-state index in [-0.39, 0.29) is 23.7 Å². The van der Waals surface area contributed by atoms with Crippen LogP contribution in [-0.4, -0.2) is 65.3 Å². The Kier molecular flexibility index (Phi) is 6.00. The normalized spacial score (nSPS) is 28.2. The number of rotatable bonds is 5. The zero-order chi connectivity index (χ0) is 19.5. The van der Waals surface area contributed by atoms with E-state index in [2.05, 4.69) is 41.0 Å². The molecule has 1 aliphatic carbocycles. The molecule has 152 valence electrons. The highest BCUT2D eigenvalue weighted by Gasteiger charge is 2.51. The topological polar surface area (TPSA) is 43.9 Å². The minimum Gasteiger partial charge on any atom is -0.340 e. The van der Waals surface area contributed by atoms with Crippen LogP contribution in [0.25, 0.3) is 0 Å². The number of carbonyl (C=O) groups is 2. The van der Waals surface area contributed by atoms with Crippen LogP contribution < -0.4 is 0 Å². The van der Waals surface area contributed by atoms with E-state index in [0.29, 0.717) is 6.04 Å². The average molecular weight is 384 g/mol. The van der Waals surface area contributed by atoms with Crippen molar-refractivity contribution in [3.05, 3.63) is 35.9 Å². The third kappa shape index (κ3) is 4.24. The Bertz CT molecular complexity index is 684. The summed E-state index contributed by atoms with van der Waals surface area (Å²) in [5, 5.41) is 0. The van der Waals surface area contributed by atoms with Crippen molar-refractivity contribution >= 4 is 11.8 Å². The Morgan fingerprint density at radius 1 is 0.929 bits per heavy atom. The number of nitrogens with zero attached hydrogens (tertiary/aromatic N) is 3. The van der Waals surface area contributed by atoms with E-state index in [1.54, 1.807) is 0 Å². The molecule has 1 aromatic carbocycles. The summed E-state index contributed by atoms with van der Waals surface area (Å²) in [5.74, 6) is 0.338. The number of hydrogen-bond acceptors (Lipinski definition) is 3. The fourth-order valence-corrected chi connectivity index (χ4v) is 4.87. The van der Waals surface area contributed by atoms with Crippen molar-refractivity contribution in [3.8, 4) is 0 Å². The van der Waals surface area contributed by atoms with Gasteiger partial charge in [0.1, 0.15) is 0 Å². The molecule has 0 bridgehead atoms. The monoisotopic (exact) mass is 383 g/mol. The van der Waals surface area contributed by atoms with Crippen molar-refractivity contribution in [1.82, 2.24) is 14.7 Å². The highest BCUT2D eigenvalue weighted by Crippen LogP contribution is 2.42. The summed E-state index contributed by atoms with van der Waals surface area (Å²) >= 11 is 0. The molecule has 1 saturated carbocycles. The molecular formula is C23H33N3O2. The number of likely N-dealkylation sites (tertiary alicyclic amines) is 1. The van der Waals surface area contributed by atoms with Crippen LogP contribution in [0.2, 0.25) is 0 Å². The lowest BCUT2D eigenvalue weighted by Crippen LogP contribution is -2.49. The number of amides is 2. The Morgan fingerprint density at radius 3 is 2.36 bits per heavy atom. The molecule has 2 aliphatic heterocycles. The molecular weight excluding hydrogens is 350 g/mol. The number of carbonyl (C=O) groups excluding carboxylic acids is 2. The fourth-order valence-electron chi connectivity index (χ4n) is 4.87. The van der Waals surface area contributed by atoms with Gasteiger partial charge in [-0.05, 0) is 37.7 Å². The van der Waals surface area contributed by atoms with Crippen molar-refractivity contribution in [1.29, 1.82) is 0 Å². The molecule has 2 heterocycles. The fraction of sp³-hybridized carbons (Fsp3) is 0.652. The van der Waals surface area contributed by atoms with E-state index in [9.17, 15) is 9.59 Å². The Labute approximate surface area is 168 Å². The molecule has 2 saturated heterocycles. The van der Waals surface area contributed by atoms with Crippen LogP contribution in [0.15, 0.2) is 30.3 Å². The molecule has 4 rings (SSSR count). The van der Waals surface area contributed by atoms with Crippen LogP contribution in [0.5, 0.6) is 0 Å². The third-order valence-electron chi connectivity index (χ3n) is 6.74. The zero-order valence-corrected chi connectivity index (χ0v) is 17.1. The summed E-state index contributed by atoms with van der Waals surface area (Å²) < 4.78 is 0. The van der Waals surface area contributed by atoms with Crippen LogP contribution in [0.4, 0.5) is 0 Å². The lowest BCUT2D eigenvalue weighted by Gasteiger charge is -2.36. The summed E-state index contributed by atoms with van der Waals surface area (Å²) in [5.41, 5.74) is 1.32. The van der Waals surface area contributed by atoms with Gasteiger partial charge >= 0.3 is 0 Å². The van der Waals surface area contributed by atoms with Crippen molar-refractivity contribution in [2.24, 2.45) is 11.8 Å². The molecule has 0 aromatic heterocycles. The van der Waals surface area contributed by atoms with Gasteiger partial charge in [-0.3, -0.25) is 14.5 Å². The second-order valence-electron chi connectivity index (χ2n) is 8.63. The molecule has 0 spiro atoms. The highest BCUT2D eigenvalue weighted by molar-refractivity contribution is 5.92. The SMILES string of the molecule is CCC1CCCCN1C(=O)C1CC1C(=O)N1CCN(Cc2ccccc2)CC1. The number of hydrogen-bond donors (Lipinski definition) is 0. The van der Waals surface area contributed by atoms with Gasteiger partial charge in [0.25, 0.3) is 0 Å². The highest BCUT2D eigenvalue weighted by atomic mass is 16.2. The molecule has 3 atom stereocenters. The molecule has 3 unspecified atom stereocenters. The molecule has 0 radical (unpaired) electrons. The van der Waals surface area contributed by atoms with Crippen LogP contribution >= 0.6 is 0 Å². The maximum absolute atomic E-state index is 12.9. The quantitative estimate of drug-likeness (QED) is 0.785. The van der Waals surface area contributed by atoms with Gasteiger partial charge < -0.3 is 9.80 Å². The molecule has 3 fully saturated rings. The minimum atomic E-state index is -0.0624. The molecule has 5 nitrogen and oxygen atoms in total. The summed E-state index contributed by atoms with van der Waals surface area (Å²) in [7, 11) is 0. The number of piperidine rings is 1. The van der Waals surface area contributed by atoms with Gasteiger partial charge in [0.05, 0.1) is 11.8 Å². The minimum absolute atomic E-state index is 0.0537.